The molecule has 7 N–H and O–H groups in total. The lowest BCUT2D eigenvalue weighted by Gasteiger charge is -2.15. The number of quaternary nitrogens is 2. The molecule has 1 aromatic rings. The zero-order valence-electron chi connectivity index (χ0n) is 13.6. The third-order valence-electron chi connectivity index (χ3n) is 3.47. The predicted octanol–water partition coefficient (Wildman–Crippen LogP) is 1.48. The Labute approximate surface area is 140 Å². The molecule has 25 heavy (non-hydrogen) atoms. The number of rotatable bonds is 6. The van der Waals surface area contributed by atoms with E-state index >= 15 is 0 Å². The molecule has 0 bridgehead atoms. The maximum absolute atomic E-state index is 12.8. The molecule has 0 radical (unpaired) electrons. The SMILES string of the molecule is CC([NH3+])CC[C@H]([NH3+])CNC(=O)c1cc(C(F)(F)F)cc(C(F)(F)F)c1. The van der Waals surface area contributed by atoms with Crippen LogP contribution in [-0.4, -0.2) is 24.5 Å². The maximum Gasteiger partial charge on any atom is 0.416 e. The summed E-state index contributed by atoms with van der Waals surface area (Å²) in [4.78, 5) is 12.0. The average Bonchev–Trinajstić information content (AvgIpc) is 2.48. The van der Waals surface area contributed by atoms with E-state index in [1.807, 2.05) is 6.92 Å². The first kappa shape index (κ1) is 21.2. The summed E-state index contributed by atoms with van der Waals surface area (Å²) in [6.45, 7) is 1.94. The molecule has 142 valence electrons. The highest BCUT2D eigenvalue weighted by Crippen LogP contribution is 2.36. The van der Waals surface area contributed by atoms with Crippen LogP contribution >= 0.6 is 0 Å². The van der Waals surface area contributed by atoms with Crippen molar-refractivity contribution < 1.29 is 42.6 Å². The molecule has 0 saturated heterocycles. The Morgan fingerprint density at radius 3 is 1.88 bits per heavy atom. The van der Waals surface area contributed by atoms with E-state index in [1.165, 1.54) is 0 Å². The molecule has 1 rings (SSSR count). The maximum atomic E-state index is 12.8. The van der Waals surface area contributed by atoms with Gasteiger partial charge in [-0.3, -0.25) is 4.79 Å². The molecule has 0 heterocycles. The van der Waals surface area contributed by atoms with E-state index < -0.39 is 35.0 Å². The van der Waals surface area contributed by atoms with Crippen LogP contribution < -0.4 is 16.8 Å². The Kier molecular flexibility index (Phi) is 6.83. The molecule has 1 unspecified atom stereocenters. The van der Waals surface area contributed by atoms with Gasteiger partial charge in [-0.15, -0.1) is 0 Å². The molecule has 0 saturated carbocycles. The molecule has 1 aromatic carbocycles. The van der Waals surface area contributed by atoms with Crippen molar-refractivity contribution in [1.29, 1.82) is 0 Å². The molecule has 0 aliphatic heterocycles. The van der Waals surface area contributed by atoms with Crippen molar-refractivity contribution in [2.24, 2.45) is 0 Å². The van der Waals surface area contributed by atoms with Gasteiger partial charge in [0.05, 0.1) is 23.7 Å². The fourth-order valence-electron chi connectivity index (χ4n) is 2.05. The Morgan fingerprint density at radius 2 is 1.48 bits per heavy atom. The molecular weight excluding hydrogens is 352 g/mol. The molecule has 0 aliphatic rings. The van der Waals surface area contributed by atoms with Gasteiger partial charge in [-0.25, -0.2) is 0 Å². The minimum Gasteiger partial charge on any atom is -0.355 e. The van der Waals surface area contributed by atoms with E-state index in [2.05, 4.69) is 16.8 Å². The standard InChI is InChI=1S/C15H19F6N3O/c1-8(22)2-3-12(23)7-24-13(25)9-4-10(14(16,17)18)6-11(5-9)15(19,20)21/h4-6,8,12H,2-3,7,22-23H2,1H3,(H,24,25)/p+2/t8?,12-/m0/s1. The van der Waals surface area contributed by atoms with Gasteiger partial charge < -0.3 is 16.8 Å². The van der Waals surface area contributed by atoms with Gasteiger partial charge in [0.1, 0.15) is 6.04 Å². The van der Waals surface area contributed by atoms with E-state index in [1.54, 1.807) is 0 Å². The number of benzene rings is 1. The predicted molar refractivity (Wildman–Crippen MR) is 77.0 cm³/mol. The van der Waals surface area contributed by atoms with Gasteiger partial charge >= 0.3 is 12.4 Å². The van der Waals surface area contributed by atoms with E-state index in [4.69, 9.17) is 0 Å². The summed E-state index contributed by atoms with van der Waals surface area (Å²) in [7, 11) is 0. The van der Waals surface area contributed by atoms with E-state index in [9.17, 15) is 31.1 Å². The molecule has 0 spiro atoms. The monoisotopic (exact) mass is 373 g/mol. The van der Waals surface area contributed by atoms with Gasteiger partial charge in [-0.2, -0.15) is 26.3 Å². The van der Waals surface area contributed by atoms with Gasteiger partial charge in [0.2, 0.25) is 0 Å². The van der Waals surface area contributed by atoms with E-state index in [-0.39, 0.29) is 24.7 Å². The summed E-state index contributed by atoms with van der Waals surface area (Å²) < 4.78 is 76.6. The van der Waals surface area contributed by atoms with Crippen LogP contribution in [0.15, 0.2) is 18.2 Å². The van der Waals surface area contributed by atoms with Crippen LogP contribution in [0.25, 0.3) is 0 Å². The van der Waals surface area contributed by atoms with Gasteiger partial charge in [-0.1, -0.05) is 0 Å². The largest absolute Gasteiger partial charge is 0.416 e. The zero-order valence-corrected chi connectivity index (χ0v) is 13.6. The number of nitrogens with one attached hydrogen (secondary N) is 1. The number of carbonyl (C=O) groups is 1. The van der Waals surface area contributed by atoms with Crippen LogP contribution in [-0.2, 0) is 12.4 Å². The molecule has 1 amide bonds. The average molecular weight is 373 g/mol. The molecule has 10 heteroatoms. The lowest BCUT2D eigenvalue weighted by molar-refractivity contribution is -0.435. The highest BCUT2D eigenvalue weighted by Gasteiger charge is 2.37. The quantitative estimate of drug-likeness (QED) is 0.649. The van der Waals surface area contributed by atoms with Gasteiger partial charge in [0.25, 0.3) is 5.91 Å². The lowest BCUT2D eigenvalue weighted by atomic mass is 10.0. The van der Waals surface area contributed by atoms with E-state index in [0.29, 0.717) is 18.6 Å². The van der Waals surface area contributed by atoms with Crippen molar-refractivity contribution in [3.05, 3.63) is 34.9 Å². The van der Waals surface area contributed by atoms with Crippen molar-refractivity contribution in [3.63, 3.8) is 0 Å². The molecule has 0 fully saturated rings. The topological polar surface area (TPSA) is 84.4 Å². The van der Waals surface area contributed by atoms with Crippen LogP contribution in [0.1, 0.15) is 41.3 Å². The number of hydrogen-bond donors (Lipinski definition) is 3. The van der Waals surface area contributed by atoms with Crippen LogP contribution in [0.2, 0.25) is 0 Å². The second-order valence-corrected chi connectivity index (χ2v) is 6.05. The molecule has 0 aromatic heterocycles. The van der Waals surface area contributed by atoms with Crippen LogP contribution in [0.3, 0.4) is 0 Å². The van der Waals surface area contributed by atoms with Crippen molar-refractivity contribution in [1.82, 2.24) is 5.32 Å². The van der Waals surface area contributed by atoms with Crippen molar-refractivity contribution in [2.45, 2.75) is 44.2 Å². The van der Waals surface area contributed by atoms with Gasteiger partial charge in [0.15, 0.2) is 0 Å². The summed E-state index contributed by atoms with van der Waals surface area (Å²) >= 11 is 0. The number of alkyl halides is 6. The molecule has 4 nitrogen and oxygen atoms in total. The minimum atomic E-state index is -4.99. The molecule has 0 aliphatic carbocycles. The van der Waals surface area contributed by atoms with Crippen molar-refractivity contribution >= 4 is 5.91 Å². The Hall–Kier alpha value is -1.81. The second kappa shape index (κ2) is 8.05. The smallest absolute Gasteiger partial charge is 0.355 e. The Balaban J connectivity index is 2.94. The first-order chi connectivity index (χ1) is 11.3. The summed E-state index contributed by atoms with van der Waals surface area (Å²) in [5.41, 5.74) is 3.84. The summed E-state index contributed by atoms with van der Waals surface area (Å²) in [6, 6.07) is 0.747. The lowest BCUT2D eigenvalue weighted by Crippen LogP contribution is -2.66. The summed E-state index contributed by atoms with van der Waals surface area (Å²) in [5, 5.41) is 2.32. The normalized spacial score (nSPS) is 14.9. The number of halogens is 6. The Morgan fingerprint density at radius 1 is 1.00 bits per heavy atom. The van der Waals surface area contributed by atoms with Crippen LogP contribution in [0.5, 0.6) is 0 Å². The van der Waals surface area contributed by atoms with Gasteiger partial charge in [0, 0.05) is 18.4 Å². The second-order valence-electron chi connectivity index (χ2n) is 6.05. The highest BCUT2D eigenvalue weighted by molar-refractivity contribution is 5.94. The third kappa shape index (κ3) is 6.91. The third-order valence-corrected chi connectivity index (χ3v) is 3.47. The van der Waals surface area contributed by atoms with Gasteiger partial charge in [-0.05, 0) is 25.1 Å². The van der Waals surface area contributed by atoms with Crippen LogP contribution in [0, 0.1) is 0 Å². The first-order valence-electron chi connectivity index (χ1n) is 7.54. The zero-order chi connectivity index (χ0) is 19.4. The van der Waals surface area contributed by atoms with Crippen molar-refractivity contribution in [2.75, 3.05) is 6.54 Å². The molecule has 2 atom stereocenters. The van der Waals surface area contributed by atoms with Crippen molar-refractivity contribution in [3.8, 4) is 0 Å². The molecular formula is C15H21F6N3O+2. The van der Waals surface area contributed by atoms with Crippen LogP contribution in [0.4, 0.5) is 26.3 Å². The highest BCUT2D eigenvalue weighted by atomic mass is 19.4. The first-order valence-corrected chi connectivity index (χ1v) is 7.54. The van der Waals surface area contributed by atoms with E-state index in [0.717, 1.165) is 6.42 Å². The summed E-state index contributed by atoms with van der Waals surface area (Å²) in [5.74, 6) is -1.01. The fourth-order valence-corrected chi connectivity index (χ4v) is 2.05. The fraction of sp³-hybridized carbons (Fsp3) is 0.533. The summed E-state index contributed by atoms with van der Waals surface area (Å²) in [6.07, 6.45) is -8.61. The number of carbonyl (C=O) groups excluding carboxylic acids is 1. The Bertz CT molecular complexity index is 566. The number of hydrogen-bond acceptors (Lipinski definition) is 1. The number of amides is 1. The minimum absolute atomic E-state index is 0.0173.